The Morgan fingerprint density at radius 1 is 0.703 bits per heavy atom. The van der Waals surface area contributed by atoms with Crippen molar-refractivity contribution < 1.29 is 25.7 Å². The molecule has 0 amide bonds. The molecule has 2 aliphatic rings. The zero-order valence-electron chi connectivity index (χ0n) is 23.1. The number of phenolic OH excluding ortho intramolecular Hbond substituents is 2. The summed E-state index contributed by atoms with van der Waals surface area (Å²) in [5.74, 6) is 2.47. The summed E-state index contributed by atoms with van der Waals surface area (Å²) < 4.78 is 0. The Hall–Kier alpha value is 0.0343. The van der Waals surface area contributed by atoms with Gasteiger partial charge in [0.1, 0.15) is 0 Å². The van der Waals surface area contributed by atoms with E-state index >= 15 is 0 Å². The summed E-state index contributed by atoms with van der Waals surface area (Å²) in [6.07, 6.45) is 7.94. The fraction of sp³-hybridized carbons (Fsp3) is 0.600. The molecule has 2 aromatic rings. The second-order valence-corrected chi connectivity index (χ2v) is 25.0. The van der Waals surface area contributed by atoms with E-state index in [4.69, 9.17) is 23.2 Å². The number of rotatable bonds is 4. The molecule has 4 rings (SSSR count). The molecule has 0 aromatic heterocycles. The first kappa shape index (κ1) is 30.0. The normalized spacial score (nSPS) is 24.5. The van der Waals surface area contributed by atoms with Gasteiger partial charge >= 0.3 is 246 Å². The molecule has 0 radical (unpaired) electrons. The summed E-state index contributed by atoms with van der Waals surface area (Å²) >= 11 is 12.8. The van der Waals surface area contributed by atoms with Crippen LogP contribution in [-0.2, 0) is 37.8 Å². The second-order valence-electron chi connectivity index (χ2n) is 12.7. The summed E-state index contributed by atoms with van der Waals surface area (Å²) in [6, 6.07) is 8.30. The number of phenols is 2. The van der Waals surface area contributed by atoms with E-state index in [2.05, 4.69) is 53.7 Å². The maximum atomic E-state index is 11.0. The zero-order valence-corrected chi connectivity index (χ0v) is 27.8. The molecular formula is C30H42Cl2O2S2Ti. The number of hydrogen-bond acceptors (Lipinski definition) is 2. The van der Waals surface area contributed by atoms with Gasteiger partial charge in [0, 0.05) is 0 Å². The van der Waals surface area contributed by atoms with E-state index in [1.807, 2.05) is 12.1 Å². The van der Waals surface area contributed by atoms with Crippen molar-refractivity contribution in [2.45, 2.75) is 113 Å². The van der Waals surface area contributed by atoms with Crippen LogP contribution in [0, 0.1) is 0 Å². The van der Waals surface area contributed by atoms with Crippen LogP contribution in [0.5, 0.6) is 11.5 Å². The first-order valence-electron chi connectivity index (χ1n) is 13.4. The van der Waals surface area contributed by atoms with Gasteiger partial charge in [-0.05, 0) is 0 Å². The average molecular weight is 618 g/mol. The van der Waals surface area contributed by atoms with E-state index in [0.717, 1.165) is 33.1 Å². The Morgan fingerprint density at radius 2 is 1.08 bits per heavy atom. The van der Waals surface area contributed by atoms with Crippen LogP contribution in [0.25, 0.3) is 0 Å². The molecule has 1 heterocycles. The Labute approximate surface area is 244 Å². The molecule has 4 atom stereocenters. The van der Waals surface area contributed by atoms with Gasteiger partial charge in [0.15, 0.2) is 0 Å². The van der Waals surface area contributed by atoms with E-state index in [1.165, 1.54) is 49.7 Å². The van der Waals surface area contributed by atoms with Gasteiger partial charge in [-0.1, -0.05) is 0 Å². The SMILES string of the molecule is CC(C)(C)c1cc(Cl)c(O)c(C[S]2=[Ti]=[S](Cc3cc(C(C)(C)C)cc(Cl)c3O)[C@H]3CCCCCC[C@@H]32)c1. The fourth-order valence-electron chi connectivity index (χ4n) is 5.33. The Balaban J connectivity index is 1.77. The molecule has 1 aliphatic carbocycles. The van der Waals surface area contributed by atoms with Crippen molar-refractivity contribution in [2.24, 2.45) is 0 Å². The van der Waals surface area contributed by atoms with E-state index in [-0.39, 0.29) is 37.8 Å². The average Bonchev–Trinajstić information content (AvgIpc) is 3.07. The fourth-order valence-corrected chi connectivity index (χ4v) is 26.6. The van der Waals surface area contributed by atoms with Gasteiger partial charge in [-0.25, -0.2) is 0 Å². The van der Waals surface area contributed by atoms with Gasteiger partial charge in [-0.2, -0.15) is 0 Å². The van der Waals surface area contributed by atoms with Crippen molar-refractivity contribution in [3.8, 4) is 11.5 Å². The summed E-state index contributed by atoms with van der Waals surface area (Å²) in [6.45, 7) is 13.2. The van der Waals surface area contributed by atoms with Crippen LogP contribution in [0.4, 0.5) is 0 Å². The van der Waals surface area contributed by atoms with Crippen molar-refractivity contribution in [1.29, 1.82) is 0 Å². The predicted molar refractivity (Wildman–Crippen MR) is 162 cm³/mol. The molecule has 204 valence electrons. The van der Waals surface area contributed by atoms with Crippen molar-refractivity contribution in [2.75, 3.05) is 0 Å². The van der Waals surface area contributed by atoms with Crippen molar-refractivity contribution >= 4 is 39.1 Å². The Kier molecular flexibility index (Phi) is 9.63. The third-order valence-electron chi connectivity index (χ3n) is 7.73. The van der Waals surface area contributed by atoms with Crippen LogP contribution >= 0.6 is 39.1 Å². The van der Waals surface area contributed by atoms with E-state index in [9.17, 15) is 10.2 Å². The van der Waals surface area contributed by atoms with Crippen LogP contribution < -0.4 is 0 Å². The molecule has 1 aliphatic heterocycles. The van der Waals surface area contributed by atoms with Crippen LogP contribution in [0.2, 0.25) is 10.0 Å². The van der Waals surface area contributed by atoms with Gasteiger partial charge in [-0.3, -0.25) is 0 Å². The van der Waals surface area contributed by atoms with E-state index < -0.39 is 0 Å². The first-order chi connectivity index (χ1) is 17.3. The van der Waals surface area contributed by atoms with Gasteiger partial charge in [0.05, 0.1) is 0 Å². The standard InChI is InChI=1S/C30H42Cl2O2S2.Ti/c1-29(2,3)21-13-19(27(33)23(31)15-21)17-35-25-11-9-7-8-10-12-26(25)36-18-20-14-22(30(4,5)6)16-24(32)28(20)34;/h13-16,25-26,33-34H,7-12,17-18H2,1-6H3;/t25-,26-;/m0./s1. The van der Waals surface area contributed by atoms with Crippen molar-refractivity contribution in [3.63, 3.8) is 0 Å². The molecule has 1 saturated carbocycles. The number of hydrogen-bond donors (Lipinski definition) is 2. The minimum absolute atomic E-state index is 0.0108. The Bertz CT molecular complexity index is 1160. The molecule has 2 aromatic carbocycles. The van der Waals surface area contributed by atoms with Crippen LogP contribution in [-0.4, -0.2) is 20.7 Å². The van der Waals surface area contributed by atoms with Crippen LogP contribution in [0.3, 0.4) is 0 Å². The third-order valence-corrected chi connectivity index (χ3v) is 24.2. The summed E-state index contributed by atoms with van der Waals surface area (Å²) in [7, 11) is 0.597. The Morgan fingerprint density at radius 3 is 1.43 bits per heavy atom. The maximum absolute atomic E-state index is 11.0. The molecule has 2 N–H and O–H groups in total. The number of halogens is 2. The monoisotopic (exact) mass is 616 g/mol. The summed E-state index contributed by atoms with van der Waals surface area (Å²) in [4.78, 5) is 0. The summed E-state index contributed by atoms with van der Waals surface area (Å²) in [5.41, 5.74) is 4.44. The first-order valence-corrected chi connectivity index (χ1v) is 20.9. The summed E-state index contributed by atoms with van der Waals surface area (Å²) in [5, 5.41) is 24.4. The second kappa shape index (κ2) is 11.9. The van der Waals surface area contributed by atoms with E-state index in [0.29, 0.717) is 26.0 Å². The van der Waals surface area contributed by atoms with Crippen molar-refractivity contribution in [3.05, 3.63) is 56.6 Å². The molecule has 1 fully saturated rings. The molecule has 2 nitrogen and oxygen atoms in total. The van der Waals surface area contributed by atoms with Crippen LogP contribution in [0.15, 0.2) is 24.3 Å². The zero-order chi connectivity index (χ0) is 27.1. The van der Waals surface area contributed by atoms with E-state index in [1.54, 1.807) is 0 Å². The minimum atomic E-state index is -0.267. The molecule has 0 saturated heterocycles. The molecule has 37 heavy (non-hydrogen) atoms. The van der Waals surface area contributed by atoms with Gasteiger partial charge in [0.25, 0.3) is 0 Å². The van der Waals surface area contributed by atoms with Gasteiger partial charge in [0.2, 0.25) is 0 Å². The number of fused-ring (bicyclic) bond motifs is 1. The van der Waals surface area contributed by atoms with Gasteiger partial charge in [-0.15, -0.1) is 0 Å². The molecule has 0 bridgehead atoms. The topological polar surface area (TPSA) is 40.5 Å². The number of benzene rings is 2. The molecular weight excluding hydrogens is 575 g/mol. The number of aromatic hydroxyl groups is 2. The molecule has 2 unspecified atom stereocenters. The molecule has 0 spiro atoms. The predicted octanol–water partition coefficient (Wildman–Crippen LogP) is 10.3. The quantitative estimate of drug-likeness (QED) is 0.335. The molecule has 7 heteroatoms. The van der Waals surface area contributed by atoms with Crippen LogP contribution in [0.1, 0.15) is 102 Å². The van der Waals surface area contributed by atoms with Gasteiger partial charge < -0.3 is 0 Å². The van der Waals surface area contributed by atoms with Crippen molar-refractivity contribution in [1.82, 2.24) is 0 Å². The third kappa shape index (κ3) is 7.03.